The predicted molar refractivity (Wildman–Crippen MR) is 79.1 cm³/mol. The number of hydrogen-bond donors (Lipinski definition) is 0. The number of rotatable bonds is 2. The van der Waals surface area contributed by atoms with E-state index in [0.717, 1.165) is 18.4 Å². The molecule has 2 bridgehead atoms. The third-order valence-electron chi connectivity index (χ3n) is 5.31. The Morgan fingerprint density at radius 2 is 1.48 bits per heavy atom. The van der Waals surface area contributed by atoms with Crippen molar-refractivity contribution in [3.8, 4) is 0 Å². The van der Waals surface area contributed by atoms with Crippen LogP contribution in [0, 0.1) is 30.6 Å². The molecule has 4 aliphatic rings. The van der Waals surface area contributed by atoms with Crippen LogP contribution in [0.2, 0.25) is 0 Å². The van der Waals surface area contributed by atoms with Gasteiger partial charge in [-0.15, -0.1) is 0 Å². The van der Waals surface area contributed by atoms with Crippen molar-refractivity contribution in [1.82, 2.24) is 4.90 Å². The van der Waals surface area contributed by atoms with E-state index in [1.54, 1.807) is 0 Å². The van der Waals surface area contributed by atoms with Gasteiger partial charge in [0.25, 0.3) is 0 Å². The molecule has 0 aromatic heterocycles. The van der Waals surface area contributed by atoms with E-state index in [9.17, 15) is 9.59 Å². The van der Waals surface area contributed by atoms with Crippen molar-refractivity contribution in [2.75, 3.05) is 0 Å². The maximum absolute atomic E-state index is 12.7. The minimum absolute atomic E-state index is 0.0459. The number of fused-ring (bicyclic) bond motifs is 1. The Morgan fingerprint density at radius 1 is 0.952 bits per heavy atom. The van der Waals surface area contributed by atoms with Crippen molar-refractivity contribution >= 4 is 11.8 Å². The van der Waals surface area contributed by atoms with Crippen molar-refractivity contribution in [2.24, 2.45) is 23.7 Å². The van der Waals surface area contributed by atoms with Crippen LogP contribution >= 0.6 is 0 Å². The minimum atomic E-state index is -0.0910. The molecule has 1 aromatic carbocycles. The van der Waals surface area contributed by atoms with Crippen molar-refractivity contribution in [1.29, 1.82) is 0 Å². The molecule has 1 saturated heterocycles. The average molecular weight is 281 g/mol. The molecule has 21 heavy (non-hydrogen) atoms. The van der Waals surface area contributed by atoms with Gasteiger partial charge in [0.15, 0.2) is 0 Å². The fourth-order valence-electron chi connectivity index (χ4n) is 4.17. The molecule has 1 heterocycles. The zero-order chi connectivity index (χ0) is 14.6. The molecule has 1 aromatic rings. The number of hydrogen-bond acceptors (Lipinski definition) is 2. The van der Waals surface area contributed by atoms with E-state index in [2.05, 4.69) is 12.2 Å². The Kier molecular flexibility index (Phi) is 2.78. The van der Waals surface area contributed by atoms with Crippen LogP contribution in [0.5, 0.6) is 0 Å². The van der Waals surface area contributed by atoms with Gasteiger partial charge in [0.2, 0.25) is 11.8 Å². The summed E-state index contributed by atoms with van der Waals surface area (Å²) in [6.07, 6.45) is 6.44. The second-order valence-corrected chi connectivity index (χ2v) is 6.59. The second-order valence-electron chi connectivity index (χ2n) is 6.59. The molecule has 1 aliphatic heterocycles. The number of imide groups is 1. The highest BCUT2D eigenvalue weighted by Gasteiger charge is 2.56. The van der Waals surface area contributed by atoms with Crippen LogP contribution in [0.25, 0.3) is 0 Å². The molecule has 1 saturated carbocycles. The molecule has 5 rings (SSSR count). The highest BCUT2D eigenvalue weighted by Crippen LogP contribution is 2.49. The van der Waals surface area contributed by atoms with Gasteiger partial charge in [0, 0.05) is 0 Å². The van der Waals surface area contributed by atoms with Gasteiger partial charge in [-0.2, -0.15) is 0 Å². The number of benzene rings is 1. The van der Waals surface area contributed by atoms with Crippen LogP contribution in [-0.4, -0.2) is 16.7 Å². The number of nitrogens with zero attached hydrogens (tertiary/aromatic N) is 1. The first-order valence-corrected chi connectivity index (χ1v) is 7.74. The van der Waals surface area contributed by atoms with Crippen molar-refractivity contribution in [3.63, 3.8) is 0 Å². The Bertz CT molecular complexity index is 599. The standard InChI is InChI=1S/C18H19NO2/c1-11-2-4-12(5-3-11)10-19-17(20)15-13-6-7-14(9-8-13)16(15)18(19)21/h2-7,13-16H,8-10H2,1H3/t13-,14-,15+,16+/m0/s1. The normalized spacial score (nSPS) is 33.7. The van der Waals surface area contributed by atoms with Gasteiger partial charge in [-0.05, 0) is 37.2 Å². The quantitative estimate of drug-likeness (QED) is 0.617. The molecular weight excluding hydrogens is 262 g/mol. The number of aryl methyl sites for hydroxylation is 1. The first kappa shape index (κ1) is 12.8. The lowest BCUT2D eigenvalue weighted by Gasteiger charge is -2.38. The first-order chi connectivity index (χ1) is 10.1. The molecule has 0 unspecified atom stereocenters. The smallest absolute Gasteiger partial charge is 0.234 e. The van der Waals surface area contributed by atoms with Gasteiger partial charge in [0.1, 0.15) is 0 Å². The molecule has 3 aliphatic carbocycles. The number of allylic oxidation sites excluding steroid dienone is 2. The summed E-state index contributed by atoms with van der Waals surface area (Å²) in [5.74, 6) is 0.464. The molecule has 0 spiro atoms. The number of amides is 2. The molecule has 2 fully saturated rings. The maximum Gasteiger partial charge on any atom is 0.234 e. The molecular formula is C18H19NO2. The average Bonchev–Trinajstić information content (AvgIpc) is 2.78. The second kappa shape index (κ2) is 4.55. The van der Waals surface area contributed by atoms with Gasteiger partial charge >= 0.3 is 0 Å². The lowest BCUT2D eigenvalue weighted by Crippen LogP contribution is -2.38. The summed E-state index contributed by atoms with van der Waals surface area (Å²) in [6.45, 7) is 2.46. The SMILES string of the molecule is Cc1ccc(CN2C(=O)[C@H]3[C@H](C2=O)[C@H]2C=C[C@H]3CC2)cc1. The Morgan fingerprint density at radius 3 is 1.95 bits per heavy atom. The summed E-state index contributed by atoms with van der Waals surface area (Å²) < 4.78 is 0. The summed E-state index contributed by atoms with van der Waals surface area (Å²) in [7, 11) is 0. The third-order valence-corrected chi connectivity index (χ3v) is 5.31. The Labute approximate surface area is 124 Å². The van der Waals surface area contributed by atoms with Crippen LogP contribution in [0.4, 0.5) is 0 Å². The highest BCUT2D eigenvalue weighted by molar-refractivity contribution is 6.06. The zero-order valence-electron chi connectivity index (χ0n) is 12.2. The van der Waals surface area contributed by atoms with E-state index < -0.39 is 0 Å². The predicted octanol–water partition coefficient (Wildman–Crippen LogP) is 2.69. The number of likely N-dealkylation sites (tertiary alicyclic amines) is 1. The number of carbonyl (C=O) groups is 2. The van der Waals surface area contributed by atoms with E-state index in [1.165, 1.54) is 10.5 Å². The lowest BCUT2D eigenvalue weighted by molar-refractivity contribution is -0.140. The van der Waals surface area contributed by atoms with E-state index in [4.69, 9.17) is 0 Å². The third kappa shape index (κ3) is 1.87. The van der Waals surface area contributed by atoms with E-state index >= 15 is 0 Å². The van der Waals surface area contributed by atoms with Crippen molar-refractivity contribution in [3.05, 3.63) is 47.5 Å². The molecule has 3 nitrogen and oxygen atoms in total. The summed E-state index contributed by atoms with van der Waals surface area (Å²) in [5.41, 5.74) is 2.22. The van der Waals surface area contributed by atoms with Gasteiger partial charge in [-0.25, -0.2) is 0 Å². The summed E-state index contributed by atoms with van der Waals surface area (Å²) in [5, 5.41) is 0. The van der Waals surface area contributed by atoms with Crippen LogP contribution in [-0.2, 0) is 16.1 Å². The molecule has 0 radical (unpaired) electrons. The molecule has 4 atom stereocenters. The summed E-state index contributed by atoms with van der Waals surface area (Å²) in [4.78, 5) is 26.9. The molecule has 3 heteroatoms. The van der Waals surface area contributed by atoms with Crippen LogP contribution in [0.15, 0.2) is 36.4 Å². The molecule has 0 N–H and O–H groups in total. The summed E-state index contributed by atoms with van der Waals surface area (Å²) >= 11 is 0. The molecule has 2 amide bonds. The fourth-order valence-corrected chi connectivity index (χ4v) is 4.17. The van der Waals surface area contributed by atoms with Crippen molar-refractivity contribution < 1.29 is 9.59 Å². The largest absolute Gasteiger partial charge is 0.278 e. The van der Waals surface area contributed by atoms with Crippen molar-refractivity contribution in [2.45, 2.75) is 26.3 Å². The highest BCUT2D eigenvalue weighted by atomic mass is 16.2. The van der Waals surface area contributed by atoms with Gasteiger partial charge < -0.3 is 0 Å². The van der Waals surface area contributed by atoms with Crippen LogP contribution < -0.4 is 0 Å². The van der Waals surface area contributed by atoms with Gasteiger partial charge in [-0.1, -0.05) is 42.0 Å². The fraction of sp³-hybridized carbons (Fsp3) is 0.444. The lowest BCUT2D eigenvalue weighted by atomic mass is 9.63. The zero-order valence-corrected chi connectivity index (χ0v) is 12.2. The maximum atomic E-state index is 12.7. The molecule has 108 valence electrons. The van der Waals surface area contributed by atoms with Crippen LogP contribution in [0.3, 0.4) is 0 Å². The van der Waals surface area contributed by atoms with Gasteiger partial charge in [0.05, 0.1) is 18.4 Å². The van der Waals surface area contributed by atoms with E-state index in [1.807, 2.05) is 31.2 Å². The van der Waals surface area contributed by atoms with E-state index in [0.29, 0.717) is 6.54 Å². The Hall–Kier alpha value is -1.90. The van der Waals surface area contributed by atoms with Crippen LogP contribution in [0.1, 0.15) is 24.0 Å². The minimum Gasteiger partial charge on any atom is -0.278 e. The number of carbonyl (C=O) groups excluding carboxylic acids is 2. The van der Waals surface area contributed by atoms with Gasteiger partial charge in [-0.3, -0.25) is 14.5 Å². The summed E-state index contributed by atoms with van der Waals surface area (Å²) in [6, 6.07) is 8.06. The first-order valence-electron chi connectivity index (χ1n) is 7.74. The van der Waals surface area contributed by atoms with E-state index in [-0.39, 0.29) is 35.5 Å². The Balaban J connectivity index is 1.61. The monoisotopic (exact) mass is 281 g/mol. The topological polar surface area (TPSA) is 37.4 Å².